The van der Waals surface area contributed by atoms with Crippen molar-refractivity contribution in [1.82, 2.24) is 15.0 Å². The van der Waals surface area contributed by atoms with Crippen molar-refractivity contribution in [3.8, 4) is 78.7 Å². The quantitative estimate of drug-likeness (QED) is 0.154. The van der Waals surface area contributed by atoms with E-state index in [-0.39, 0.29) is 0 Å². The molecule has 286 valence electrons. The number of aromatic nitrogens is 3. The maximum absolute atomic E-state index is 5.26. The largest absolute Gasteiger partial charge is 0.208 e. The normalized spacial score (nSPS) is 12.4. The lowest BCUT2D eigenvalue weighted by Crippen LogP contribution is -2.28. The summed E-state index contributed by atoms with van der Waals surface area (Å²) in [5, 5.41) is 0. The van der Waals surface area contributed by atoms with Crippen LogP contribution in [0, 0.1) is 0 Å². The molecule has 0 N–H and O–H groups in total. The van der Waals surface area contributed by atoms with Crippen LogP contribution in [-0.2, 0) is 5.41 Å². The first-order valence-electron chi connectivity index (χ1n) is 20.8. The summed E-state index contributed by atoms with van der Waals surface area (Å²) in [5.41, 5.74) is 16.6. The third-order valence-electron chi connectivity index (χ3n) is 12.0. The van der Waals surface area contributed by atoms with Crippen LogP contribution >= 0.6 is 0 Å². The smallest absolute Gasteiger partial charge is 0.164 e. The molecule has 1 aliphatic rings. The van der Waals surface area contributed by atoms with Crippen molar-refractivity contribution < 1.29 is 0 Å². The van der Waals surface area contributed by atoms with E-state index in [1.165, 1.54) is 55.6 Å². The molecule has 10 aromatic rings. The second-order valence-corrected chi connectivity index (χ2v) is 15.6. The van der Waals surface area contributed by atoms with Gasteiger partial charge in [-0.15, -0.1) is 0 Å². The van der Waals surface area contributed by atoms with E-state index >= 15 is 0 Å². The summed E-state index contributed by atoms with van der Waals surface area (Å²) in [4.78, 5) is 15.6. The van der Waals surface area contributed by atoms with Crippen LogP contribution in [0.5, 0.6) is 0 Å². The van der Waals surface area contributed by atoms with Gasteiger partial charge in [0.1, 0.15) is 0 Å². The van der Waals surface area contributed by atoms with Gasteiger partial charge in [0, 0.05) is 16.7 Å². The predicted molar refractivity (Wildman–Crippen MR) is 250 cm³/mol. The Morgan fingerprint density at radius 3 is 1.08 bits per heavy atom. The minimum absolute atomic E-state index is 0.531. The van der Waals surface area contributed by atoms with Crippen LogP contribution in [0.1, 0.15) is 22.3 Å². The predicted octanol–water partition coefficient (Wildman–Crippen LogP) is 14.2. The molecule has 0 fully saturated rings. The van der Waals surface area contributed by atoms with Crippen LogP contribution in [0.15, 0.2) is 237 Å². The lowest BCUT2D eigenvalue weighted by molar-refractivity contribution is 0.768. The summed E-state index contributed by atoms with van der Waals surface area (Å²) in [7, 11) is 0. The van der Waals surface area contributed by atoms with Crippen molar-refractivity contribution in [3.05, 3.63) is 259 Å². The van der Waals surface area contributed by atoms with Gasteiger partial charge in [0.25, 0.3) is 0 Å². The highest BCUT2D eigenvalue weighted by atomic mass is 15.0. The topological polar surface area (TPSA) is 38.7 Å². The fraction of sp³-hybridized carbons (Fsp3) is 0.0172. The number of nitrogens with zero attached hydrogens (tertiary/aromatic N) is 3. The molecule has 0 atom stereocenters. The Morgan fingerprint density at radius 2 is 0.574 bits per heavy atom. The van der Waals surface area contributed by atoms with E-state index in [1.54, 1.807) is 0 Å². The van der Waals surface area contributed by atoms with Gasteiger partial charge in [-0.3, -0.25) is 0 Å². The summed E-state index contributed by atoms with van der Waals surface area (Å²) >= 11 is 0. The minimum atomic E-state index is -0.531. The Kier molecular flexibility index (Phi) is 9.05. The molecule has 61 heavy (non-hydrogen) atoms. The first kappa shape index (κ1) is 36.1. The average Bonchev–Trinajstić information content (AvgIpc) is 3.65. The van der Waals surface area contributed by atoms with Crippen LogP contribution < -0.4 is 0 Å². The summed E-state index contributed by atoms with van der Waals surface area (Å²) in [6.45, 7) is 0. The fourth-order valence-electron chi connectivity index (χ4n) is 9.13. The van der Waals surface area contributed by atoms with E-state index in [2.05, 4.69) is 218 Å². The zero-order valence-corrected chi connectivity index (χ0v) is 33.4. The van der Waals surface area contributed by atoms with E-state index in [9.17, 15) is 0 Å². The van der Waals surface area contributed by atoms with E-state index in [4.69, 9.17) is 15.0 Å². The Balaban J connectivity index is 1.05. The van der Waals surface area contributed by atoms with Crippen LogP contribution in [0.4, 0.5) is 0 Å². The van der Waals surface area contributed by atoms with Crippen molar-refractivity contribution in [1.29, 1.82) is 0 Å². The van der Waals surface area contributed by atoms with Gasteiger partial charge in [-0.25, -0.2) is 15.0 Å². The standard InChI is InChI=1S/C58H39N3/c1-6-18-40(19-7-1)46-36-47(41-20-8-2-9-21-41)38-48(37-46)42-30-32-44(33-31-42)56-59-55(43-22-10-3-11-23-43)60-57(61-56)45-34-35-52-51-28-16-17-29-53(51)58(54(52)39-45,49-24-12-4-13-25-49)50-26-14-5-15-27-50/h1-39H. The van der Waals surface area contributed by atoms with E-state index in [0.717, 1.165) is 27.8 Å². The van der Waals surface area contributed by atoms with Crippen molar-refractivity contribution >= 4 is 0 Å². The van der Waals surface area contributed by atoms with Crippen molar-refractivity contribution in [2.45, 2.75) is 5.41 Å². The molecule has 0 aliphatic heterocycles. The number of hydrogen-bond donors (Lipinski definition) is 0. The van der Waals surface area contributed by atoms with Crippen LogP contribution in [0.2, 0.25) is 0 Å². The summed E-state index contributed by atoms with van der Waals surface area (Å²) in [6, 6.07) is 84.2. The second kappa shape index (κ2) is 15.3. The van der Waals surface area contributed by atoms with Crippen LogP contribution in [0.25, 0.3) is 78.7 Å². The Morgan fingerprint density at radius 1 is 0.230 bits per heavy atom. The summed E-state index contributed by atoms with van der Waals surface area (Å²) in [6.07, 6.45) is 0. The number of benzene rings is 9. The third kappa shape index (κ3) is 6.44. The first-order valence-corrected chi connectivity index (χ1v) is 20.8. The summed E-state index contributed by atoms with van der Waals surface area (Å²) < 4.78 is 0. The van der Waals surface area contributed by atoms with Crippen molar-refractivity contribution in [2.24, 2.45) is 0 Å². The molecule has 9 aromatic carbocycles. The molecule has 1 aromatic heterocycles. The monoisotopic (exact) mass is 777 g/mol. The number of hydrogen-bond acceptors (Lipinski definition) is 3. The SMILES string of the molecule is c1ccc(-c2cc(-c3ccccc3)cc(-c3ccc(-c4nc(-c5ccccc5)nc(-c5ccc6c(c5)C(c5ccccc5)(c5ccccc5)c5ccccc5-6)n4)cc3)c2)cc1. The summed E-state index contributed by atoms with van der Waals surface area (Å²) in [5.74, 6) is 1.89. The zero-order valence-electron chi connectivity index (χ0n) is 33.4. The zero-order chi connectivity index (χ0) is 40.6. The first-order chi connectivity index (χ1) is 30.2. The highest BCUT2D eigenvalue weighted by Crippen LogP contribution is 2.56. The lowest BCUT2D eigenvalue weighted by atomic mass is 9.67. The fourth-order valence-corrected chi connectivity index (χ4v) is 9.13. The van der Waals surface area contributed by atoms with Crippen molar-refractivity contribution in [2.75, 3.05) is 0 Å². The van der Waals surface area contributed by atoms with Crippen LogP contribution in [0.3, 0.4) is 0 Å². The van der Waals surface area contributed by atoms with Gasteiger partial charge in [-0.2, -0.15) is 0 Å². The third-order valence-corrected chi connectivity index (χ3v) is 12.0. The van der Waals surface area contributed by atoms with E-state index in [1.807, 2.05) is 18.2 Å². The molecule has 0 amide bonds. The van der Waals surface area contributed by atoms with Gasteiger partial charge in [-0.05, 0) is 91.0 Å². The van der Waals surface area contributed by atoms with Gasteiger partial charge in [-0.1, -0.05) is 212 Å². The minimum Gasteiger partial charge on any atom is -0.208 e. The molecule has 0 saturated carbocycles. The molecule has 1 aliphatic carbocycles. The highest BCUT2D eigenvalue weighted by Gasteiger charge is 2.46. The molecule has 0 radical (unpaired) electrons. The Bertz CT molecular complexity index is 3050. The molecule has 3 heteroatoms. The van der Waals surface area contributed by atoms with E-state index in [0.29, 0.717) is 17.5 Å². The molecule has 0 bridgehead atoms. The number of fused-ring (bicyclic) bond motifs is 3. The van der Waals surface area contributed by atoms with Gasteiger partial charge in [0.2, 0.25) is 0 Å². The number of rotatable bonds is 8. The maximum atomic E-state index is 5.26. The molecule has 0 unspecified atom stereocenters. The molecule has 3 nitrogen and oxygen atoms in total. The highest BCUT2D eigenvalue weighted by molar-refractivity contribution is 5.88. The molecule has 0 saturated heterocycles. The van der Waals surface area contributed by atoms with Crippen LogP contribution in [-0.4, -0.2) is 15.0 Å². The molecule has 1 heterocycles. The molecular formula is C58H39N3. The van der Waals surface area contributed by atoms with Gasteiger partial charge in [0.05, 0.1) is 5.41 Å². The second-order valence-electron chi connectivity index (χ2n) is 15.6. The van der Waals surface area contributed by atoms with Crippen molar-refractivity contribution in [3.63, 3.8) is 0 Å². The lowest BCUT2D eigenvalue weighted by Gasteiger charge is -2.34. The Hall–Kier alpha value is -8.01. The molecular weight excluding hydrogens is 739 g/mol. The maximum Gasteiger partial charge on any atom is 0.164 e. The Labute approximate surface area is 356 Å². The molecule has 0 spiro atoms. The average molecular weight is 778 g/mol. The van der Waals surface area contributed by atoms with Gasteiger partial charge in [0.15, 0.2) is 17.5 Å². The van der Waals surface area contributed by atoms with E-state index < -0.39 is 5.41 Å². The molecule has 11 rings (SSSR count). The van der Waals surface area contributed by atoms with Gasteiger partial charge < -0.3 is 0 Å². The van der Waals surface area contributed by atoms with Gasteiger partial charge >= 0.3 is 0 Å².